The maximum Gasteiger partial charge on any atom is 0.244 e. The molecule has 2 aromatic rings. The van der Waals surface area contributed by atoms with Gasteiger partial charge in [-0.1, -0.05) is 23.7 Å². The molecule has 1 aliphatic heterocycles. The fourth-order valence-electron chi connectivity index (χ4n) is 3.01. The molecule has 2 N–H and O–H groups in total. The number of carbonyl (C=O) groups excluding carboxylic acids is 2. The van der Waals surface area contributed by atoms with E-state index in [-0.39, 0.29) is 11.8 Å². The summed E-state index contributed by atoms with van der Waals surface area (Å²) in [6.07, 6.45) is 3.63. The van der Waals surface area contributed by atoms with E-state index in [1.165, 1.54) is 6.08 Å². The number of methoxy groups -OCH3 is 1. The summed E-state index contributed by atoms with van der Waals surface area (Å²) in [5, 5.41) is 5.96. The number of amides is 2. The molecule has 1 heterocycles. The van der Waals surface area contributed by atoms with E-state index in [0.29, 0.717) is 42.7 Å². The van der Waals surface area contributed by atoms with Gasteiger partial charge in [-0.2, -0.15) is 0 Å². The number of benzene rings is 2. The highest BCUT2D eigenvalue weighted by molar-refractivity contribution is 6.32. The summed E-state index contributed by atoms with van der Waals surface area (Å²) in [6.45, 7) is 2.99. The molecule has 0 aliphatic carbocycles. The number of ether oxygens (including phenoxy) is 3. The highest BCUT2D eigenvalue weighted by Gasteiger charge is 2.17. The van der Waals surface area contributed by atoms with Crippen molar-refractivity contribution < 1.29 is 23.8 Å². The Kier molecular flexibility index (Phi) is 7.78. The van der Waals surface area contributed by atoms with Gasteiger partial charge < -0.3 is 24.8 Å². The van der Waals surface area contributed by atoms with E-state index >= 15 is 0 Å². The van der Waals surface area contributed by atoms with Crippen LogP contribution >= 0.6 is 11.6 Å². The largest absolute Gasteiger partial charge is 0.497 e. The van der Waals surface area contributed by atoms with Gasteiger partial charge in [0.25, 0.3) is 0 Å². The van der Waals surface area contributed by atoms with Crippen molar-refractivity contribution in [1.29, 1.82) is 0 Å². The monoisotopic (exact) mass is 444 g/mol. The first-order valence-corrected chi connectivity index (χ1v) is 10.3. The Morgan fingerprint density at radius 1 is 1.19 bits per heavy atom. The predicted molar refractivity (Wildman–Crippen MR) is 119 cm³/mol. The van der Waals surface area contributed by atoms with Crippen molar-refractivity contribution in [2.24, 2.45) is 0 Å². The molecule has 0 saturated heterocycles. The molecule has 0 spiro atoms. The number of halogens is 1. The summed E-state index contributed by atoms with van der Waals surface area (Å²) in [6, 6.07) is 10.3. The number of rotatable bonds is 8. The molecule has 1 unspecified atom stereocenters. The summed E-state index contributed by atoms with van der Waals surface area (Å²) in [4.78, 5) is 24.4. The van der Waals surface area contributed by atoms with Crippen LogP contribution in [0.15, 0.2) is 42.5 Å². The number of carbonyl (C=O) groups is 2. The second-order valence-corrected chi connectivity index (χ2v) is 7.39. The fourth-order valence-corrected chi connectivity index (χ4v) is 3.29. The van der Waals surface area contributed by atoms with Crippen LogP contribution in [0.4, 0.5) is 0 Å². The molecule has 0 saturated carbocycles. The van der Waals surface area contributed by atoms with Crippen molar-refractivity contribution >= 4 is 29.5 Å². The highest BCUT2D eigenvalue weighted by Crippen LogP contribution is 2.38. The Bertz CT molecular complexity index is 959. The fraction of sp³-hybridized carbons (Fsp3) is 0.304. The number of nitrogens with one attached hydrogen (secondary N) is 2. The molecule has 31 heavy (non-hydrogen) atoms. The van der Waals surface area contributed by atoms with Crippen molar-refractivity contribution in [1.82, 2.24) is 10.6 Å². The first kappa shape index (κ1) is 22.5. The lowest BCUT2D eigenvalue weighted by molar-refractivity contribution is -0.126. The average molecular weight is 445 g/mol. The van der Waals surface area contributed by atoms with Crippen LogP contribution in [0.3, 0.4) is 0 Å². The minimum Gasteiger partial charge on any atom is -0.497 e. The molecule has 0 radical (unpaired) electrons. The van der Waals surface area contributed by atoms with Crippen LogP contribution in [-0.4, -0.2) is 44.7 Å². The minimum absolute atomic E-state index is 0.269. The topological polar surface area (TPSA) is 85.9 Å². The van der Waals surface area contributed by atoms with Gasteiger partial charge in [0.2, 0.25) is 11.8 Å². The van der Waals surface area contributed by atoms with Gasteiger partial charge in [-0.15, -0.1) is 0 Å². The highest BCUT2D eigenvalue weighted by atomic mass is 35.5. The first-order valence-electron chi connectivity index (χ1n) is 9.94. The minimum atomic E-state index is -0.670. The Morgan fingerprint density at radius 2 is 1.94 bits per heavy atom. The van der Waals surface area contributed by atoms with Crippen LogP contribution in [0.25, 0.3) is 6.08 Å². The SMILES string of the molecule is COc1ccc(/C=C/C(=O)NC(C)C(=O)NCCc2cc(Cl)c3c(c2)OCCO3)cc1. The molecule has 0 fully saturated rings. The predicted octanol–water partition coefficient (Wildman–Crippen LogP) is 3.00. The molecule has 1 aliphatic rings. The second kappa shape index (κ2) is 10.7. The Morgan fingerprint density at radius 3 is 2.68 bits per heavy atom. The molecule has 1 atom stereocenters. The van der Waals surface area contributed by atoms with Crippen LogP contribution in [0, 0.1) is 0 Å². The molecular formula is C23H25ClN2O5. The zero-order valence-electron chi connectivity index (χ0n) is 17.4. The van der Waals surface area contributed by atoms with Crippen molar-refractivity contribution in [3.63, 3.8) is 0 Å². The van der Waals surface area contributed by atoms with Gasteiger partial charge in [-0.3, -0.25) is 9.59 Å². The molecule has 3 rings (SSSR count). The van der Waals surface area contributed by atoms with Gasteiger partial charge in [-0.25, -0.2) is 0 Å². The quantitative estimate of drug-likeness (QED) is 0.611. The number of hydrogen-bond acceptors (Lipinski definition) is 5. The van der Waals surface area contributed by atoms with Crippen molar-refractivity contribution in [2.45, 2.75) is 19.4 Å². The van der Waals surface area contributed by atoms with Crippen LogP contribution in [0.5, 0.6) is 17.2 Å². The lowest BCUT2D eigenvalue weighted by atomic mass is 10.1. The van der Waals surface area contributed by atoms with Crippen molar-refractivity contribution in [3.8, 4) is 17.2 Å². The van der Waals surface area contributed by atoms with Crippen LogP contribution < -0.4 is 24.8 Å². The summed E-state index contributed by atoms with van der Waals surface area (Å²) in [7, 11) is 1.59. The summed E-state index contributed by atoms with van der Waals surface area (Å²) < 4.78 is 16.2. The standard InChI is InChI=1S/C23H25ClN2O5/c1-15(26-21(27)8-5-16-3-6-18(29-2)7-4-16)23(28)25-10-9-17-13-19(24)22-20(14-17)30-11-12-31-22/h3-8,13-15H,9-12H2,1-2H3,(H,25,28)(H,26,27)/b8-5+. The third kappa shape index (κ3) is 6.39. The maximum atomic E-state index is 12.3. The molecule has 2 amide bonds. The number of fused-ring (bicyclic) bond motifs is 1. The van der Waals surface area contributed by atoms with E-state index < -0.39 is 6.04 Å². The lowest BCUT2D eigenvalue weighted by Crippen LogP contribution is -2.44. The zero-order valence-corrected chi connectivity index (χ0v) is 18.2. The smallest absolute Gasteiger partial charge is 0.244 e. The van der Waals surface area contributed by atoms with Gasteiger partial charge in [0.1, 0.15) is 25.0 Å². The zero-order chi connectivity index (χ0) is 22.2. The van der Waals surface area contributed by atoms with Gasteiger partial charge >= 0.3 is 0 Å². The summed E-state index contributed by atoms with van der Waals surface area (Å²) in [5.41, 5.74) is 1.78. The van der Waals surface area contributed by atoms with E-state index in [9.17, 15) is 9.59 Å². The van der Waals surface area contributed by atoms with E-state index in [1.54, 1.807) is 26.2 Å². The summed E-state index contributed by atoms with van der Waals surface area (Å²) in [5.74, 6) is 1.29. The lowest BCUT2D eigenvalue weighted by Gasteiger charge is -2.20. The van der Waals surface area contributed by atoms with Crippen LogP contribution in [0.2, 0.25) is 5.02 Å². The average Bonchev–Trinajstić information content (AvgIpc) is 2.78. The normalized spacial score (nSPS) is 13.5. The Balaban J connectivity index is 1.44. The Labute approximate surface area is 186 Å². The third-order valence-corrected chi connectivity index (χ3v) is 4.95. The molecular weight excluding hydrogens is 420 g/mol. The molecule has 8 heteroatoms. The van der Waals surface area contributed by atoms with E-state index in [4.69, 9.17) is 25.8 Å². The first-order chi connectivity index (χ1) is 15.0. The molecule has 0 bridgehead atoms. The van der Waals surface area contributed by atoms with E-state index in [0.717, 1.165) is 16.9 Å². The number of hydrogen-bond donors (Lipinski definition) is 2. The molecule has 2 aromatic carbocycles. The third-order valence-electron chi connectivity index (χ3n) is 4.66. The van der Waals surface area contributed by atoms with Gasteiger partial charge in [-0.05, 0) is 54.8 Å². The Hall–Kier alpha value is -3.19. The van der Waals surface area contributed by atoms with E-state index in [2.05, 4.69) is 10.6 Å². The maximum absolute atomic E-state index is 12.3. The van der Waals surface area contributed by atoms with Crippen LogP contribution in [-0.2, 0) is 16.0 Å². The van der Waals surface area contributed by atoms with Gasteiger partial charge in [0, 0.05) is 12.6 Å². The second-order valence-electron chi connectivity index (χ2n) is 6.98. The van der Waals surface area contributed by atoms with Gasteiger partial charge in [0.15, 0.2) is 11.5 Å². The molecule has 7 nitrogen and oxygen atoms in total. The summed E-state index contributed by atoms with van der Waals surface area (Å²) >= 11 is 6.23. The van der Waals surface area contributed by atoms with Crippen molar-refractivity contribution in [2.75, 3.05) is 26.9 Å². The van der Waals surface area contributed by atoms with Crippen LogP contribution in [0.1, 0.15) is 18.1 Å². The van der Waals surface area contributed by atoms with E-state index in [1.807, 2.05) is 30.3 Å². The van der Waals surface area contributed by atoms with Crippen molar-refractivity contribution in [3.05, 3.63) is 58.6 Å². The molecule has 164 valence electrons. The molecule has 0 aromatic heterocycles. The van der Waals surface area contributed by atoms with Gasteiger partial charge in [0.05, 0.1) is 12.1 Å².